The standard InChI is InChI=1S/C3H5O5PS/c1-2(3(4)5)10-9(6,7)8/h1H2,(H,4,5)(H2,6,7,8). The van der Waals surface area contributed by atoms with Crippen LogP contribution in [0.3, 0.4) is 0 Å². The van der Waals surface area contributed by atoms with Gasteiger partial charge in [-0.05, 0) is 0 Å². The number of rotatable bonds is 3. The quantitative estimate of drug-likeness (QED) is 0.434. The van der Waals surface area contributed by atoms with E-state index in [-0.39, 0.29) is 11.4 Å². The Labute approximate surface area is 60.7 Å². The summed E-state index contributed by atoms with van der Waals surface area (Å²) in [4.78, 5) is 25.7. The first kappa shape index (κ1) is 9.71. The van der Waals surface area contributed by atoms with Gasteiger partial charge in [0.15, 0.2) is 0 Å². The number of carbonyl (C=O) groups is 1. The van der Waals surface area contributed by atoms with Crippen molar-refractivity contribution in [2.24, 2.45) is 0 Å². The molecule has 0 aliphatic heterocycles. The monoisotopic (exact) mass is 184 g/mol. The van der Waals surface area contributed by atoms with Gasteiger partial charge in [-0.25, -0.2) is 9.36 Å². The third kappa shape index (κ3) is 4.58. The van der Waals surface area contributed by atoms with Gasteiger partial charge in [-0.15, -0.1) is 0 Å². The van der Waals surface area contributed by atoms with Crippen LogP contribution in [0, 0.1) is 0 Å². The zero-order valence-electron chi connectivity index (χ0n) is 4.72. The van der Waals surface area contributed by atoms with Gasteiger partial charge >= 0.3 is 12.8 Å². The molecule has 0 spiro atoms. The maximum Gasteiger partial charge on any atom is 0.388 e. The maximum atomic E-state index is 10.1. The van der Waals surface area contributed by atoms with Crippen LogP contribution in [0.25, 0.3) is 0 Å². The first-order valence-corrected chi connectivity index (χ1v) is 5.03. The molecule has 7 heteroatoms. The lowest BCUT2D eigenvalue weighted by molar-refractivity contribution is -0.131. The molecule has 0 unspecified atom stereocenters. The first-order chi connectivity index (χ1) is 4.33. The average molecular weight is 184 g/mol. The van der Waals surface area contributed by atoms with Crippen molar-refractivity contribution in [2.75, 3.05) is 0 Å². The summed E-state index contributed by atoms with van der Waals surface area (Å²) in [6.07, 6.45) is 0. The molecule has 3 N–H and O–H groups in total. The highest BCUT2D eigenvalue weighted by Gasteiger charge is 2.19. The van der Waals surface area contributed by atoms with Crippen LogP contribution in [0.1, 0.15) is 0 Å². The highest BCUT2D eigenvalue weighted by molar-refractivity contribution is 8.56. The van der Waals surface area contributed by atoms with E-state index in [1.54, 1.807) is 0 Å². The fraction of sp³-hybridized carbons (Fsp3) is 0. The largest absolute Gasteiger partial charge is 0.477 e. The molecule has 0 atom stereocenters. The molecule has 10 heavy (non-hydrogen) atoms. The number of carboxylic acid groups (broad SMARTS) is 1. The molecule has 0 fully saturated rings. The van der Waals surface area contributed by atoms with E-state index in [1.807, 2.05) is 0 Å². The average Bonchev–Trinajstić information content (AvgIpc) is 1.60. The molecule has 0 aliphatic carbocycles. The van der Waals surface area contributed by atoms with E-state index in [9.17, 15) is 9.36 Å². The summed E-state index contributed by atoms with van der Waals surface area (Å²) in [6, 6.07) is 0. The van der Waals surface area contributed by atoms with Crippen molar-refractivity contribution in [3.05, 3.63) is 11.5 Å². The first-order valence-electron chi connectivity index (χ1n) is 2.00. The summed E-state index contributed by atoms with van der Waals surface area (Å²) in [5.41, 5.74) is 0. The molecule has 0 saturated carbocycles. The molecular formula is C3H5O5PS. The van der Waals surface area contributed by atoms with Crippen LogP contribution in [0.4, 0.5) is 0 Å². The molecule has 0 heterocycles. The Morgan fingerprint density at radius 2 is 1.90 bits per heavy atom. The summed E-state index contributed by atoms with van der Waals surface area (Å²) < 4.78 is 10.1. The molecule has 0 aromatic heterocycles. The predicted octanol–water partition coefficient (Wildman–Crippen LogP) is 0.411. The second-order valence-electron chi connectivity index (χ2n) is 1.31. The van der Waals surface area contributed by atoms with E-state index < -0.39 is 17.7 Å². The lowest BCUT2D eigenvalue weighted by Gasteiger charge is -1.99. The molecule has 0 radical (unpaired) electrons. The third-order valence-corrected chi connectivity index (χ3v) is 2.48. The zero-order chi connectivity index (χ0) is 8.36. The number of aliphatic carboxylic acids is 1. The fourth-order valence-electron chi connectivity index (χ4n) is 0.183. The molecule has 0 rings (SSSR count). The van der Waals surface area contributed by atoms with Crippen molar-refractivity contribution in [2.45, 2.75) is 0 Å². The van der Waals surface area contributed by atoms with Crippen LogP contribution in [-0.2, 0) is 9.36 Å². The lowest BCUT2D eigenvalue weighted by atomic mass is 10.7. The molecule has 58 valence electrons. The van der Waals surface area contributed by atoms with Crippen LogP contribution >= 0.6 is 18.2 Å². The Bertz CT molecular complexity index is 205. The Balaban J connectivity index is 4.07. The second-order valence-corrected chi connectivity index (χ2v) is 4.94. The summed E-state index contributed by atoms with van der Waals surface area (Å²) in [7, 11) is 0. The Kier molecular flexibility index (Phi) is 3.11. The van der Waals surface area contributed by atoms with E-state index in [0.717, 1.165) is 0 Å². The van der Waals surface area contributed by atoms with Crippen molar-refractivity contribution >= 4 is 24.1 Å². The Hall–Kier alpha value is -0.290. The summed E-state index contributed by atoms with van der Waals surface area (Å²) >= 11 is -0.0625. The Morgan fingerprint density at radius 3 is 2.00 bits per heavy atom. The van der Waals surface area contributed by atoms with Gasteiger partial charge in [0, 0.05) is 11.4 Å². The molecule has 0 aromatic carbocycles. The minimum Gasteiger partial charge on any atom is -0.477 e. The van der Waals surface area contributed by atoms with Crippen molar-refractivity contribution < 1.29 is 24.3 Å². The molecule has 0 bridgehead atoms. The second kappa shape index (κ2) is 3.21. The molecule has 0 amide bonds. The summed E-state index contributed by atoms with van der Waals surface area (Å²) in [5.74, 6) is -1.42. The molecule has 0 saturated heterocycles. The van der Waals surface area contributed by atoms with Gasteiger partial charge in [-0.1, -0.05) is 6.58 Å². The Morgan fingerprint density at radius 1 is 1.50 bits per heavy atom. The van der Waals surface area contributed by atoms with Crippen molar-refractivity contribution in [3.8, 4) is 0 Å². The van der Waals surface area contributed by atoms with E-state index in [4.69, 9.17) is 14.9 Å². The minimum absolute atomic E-state index is 0.0625. The van der Waals surface area contributed by atoms with E-state index in [0.29, 0.717) is 0 Å². The number of carboxylic acids is 1. The zero-order valence-corrected chi connectivity index (χ0v) is 6.43. The van der Waals surface area contributed by atoms with Crippen LogP contribution < -0.4 is 0 Å². The van der Waals surface area contributed by atoms with Gasteiger partial charge in [-0.3, -0.25) is 0 Å². The van der Waals surface area contributed by atoms with Gasteiger partial charge in [0.1, 0.15) is 0 Å². The summed E-state index contributed by atoms with van der Waals surface area (Å²) in [5, 5.41) is 8.08. The molecular weight excluding hydrogens is 179 g/mol. The summed E-state index contributed by atoms with van der Waals surface area (Å²) in [6.45, 7) is -1.43. The van der Waals surface area contributed by atoms with Crippen molar-refractivity contribution in [1.82, 2.24) is 0 Å². The van der Waals surface area contributed by atoms with Gasteiger partial charge in [0.2, 0.25) is 0 Å². The van der Waals surface area contributed by atoms with Crippen LogP contribution in [0.5, 0.6) is 0 Å². The normalized spacial score (nSPS) is 11.0. The van der Waals surface area contributed by atoms with Gasteiger partial charge in [0.25, 0.3) is 0 Å². The van der Waals surface area contributed by atoms with E-state index >= 15 is 0 Å². The van der Waals surface area contributed by atoms with E-state index in [1.165, 1.54) is 0 Å². The lowest BCUT2D eigenvalue weighted by Crippen LogP contribution is -1.93. The third-order valence-electron chi connectivity index (χ3n) is 0.468. The SMILES string of the molecule is C=C(SP(=O)(O)O)C(=O)O. The number of hydrogen-bond donors (Lipinski definition) is 3. The highest BCUT2D eigenvalue weighted by atomic mass is 32.7. The maximum absolute atomic E-state index is 10.1. The van der Waals surface area contributed by atoms with Gasteiger partial charge < -0.3 is 14.9 Å². The van der Waals surface area contributed by atoms with Gasteiger partial charge in [0.05, 0.1) is 4.91 Å². The molecule has 0 aliphatic rings. The van der Waals surface area contributed by atoms with Crippen LogP contribution in [0.15, 0.2) is 11.5 Å². The fourth-order valence-corrected chi connectivity index (χ4v) is 1.64. The smallest absolute Gasteiger partial charge is 0.388 e. The minimum atomic E-state index is -4.34. The van der Waals surface area contributed by atoms with Crippen LogP contribution in [0.2, 0.25) is 0 Å². The van der Waals surface area contributed by atoms with Crippen molar-refractivity contribution in [3.63, 3.8) is 0 Å². The van der Waals surface area contributed by atoms with Crippen LogP contribution in [-0.4, -0.2) is 20.9 Å². The number of hydrogen-bond acceptors (Lipinski definition) is 3. The van der Waals surface area contributed by atoms with Gasteiger partial charge in [-0.2, -0.15) is 0 Å². The van der Waals surface area contributed by atoms with E-state index in [2.05, 4.69) is 6.58 Å². The predicted molar refractivity (Wildman–Crippen MR) is 36.4 cm³/mol. The molecule has 5 nitrogen and oxygen atoms in total. The topological polar surface area (TPSA) is 94.8 Å². The molecule has 0 aromatic rings. The van der Waals surface area contributed by atoms with Crippen molar-refractivity contribution in [1.29, 1.82) is 0 Å². The highest BCUT2D eigenvalue weighted by Crippen LogP contribution is 2.53.